The lowest BCUT2D eigenvalue weighted by Crippen LogP contribution is -2.18. The largest absolute Gasteiger partial charge is 0.437 e. The fourth-order valence-electron chi connectivity index (χ4n) is 2.01. The molecule has 3 N–H and O–H groups in total. The number of benzene rings is 1. The molecule has 0 saturated carbocycles. The van der Waals surface area contributed by atoms with Gasteiger partial charge in [-0.25, -0.2) is 0 Å². The maximum Gasteiger partial charge on any atom is 0.250 e. The zero-order valence-corrected chi connectivity index (χ0v) is 12.3. The molecule has 0 unspecified atom stereocenters. The third-order valence-electron chi connectivity index (χ3n) is 3.35. The van der Waals surface area contributed by atoms with Crippen LogP contribution in [0.25, 0.3) is 0 Å². The summed E-state index contributed by atoms with van der Waals surface area (Å²) in [6.07, 6.45) is 0.827. The maximum absolute atomic E-state index is 8.95. The molecule has 0 atom stereocenters. The number of hydrogen-bond acceptors (Lipinski definition) is 5. The molecular weight excluding hydrogens is 268 g/mol. The molecule has 2 aromatic rings. The molecule has 0 aliphatic carbocycles. The average Bonchev–Trinajstić information content (AvgIpc) is 2.51. The number of aryl methyl sites for hydroxylation is 2. The van der Waals surface area contributed by atoms with Crippen LogP contribution in [0.15, 0.2) is 29.4 Å². The first-order valence-electron chi connectivity index (χ1n) is 6.66. The quantitative estimate of drug-likeness (QED) is 0.390. The van der Waals surface area contributed by atoms with Gasteiger partial charge in [0, 0.05) is 0 Å². The van der Waals surface area contributed by atoms with Crippen molar-refractivity contribution in [2.45, 2.75) is 27.2 Å². The van der Waals surface area contributed by atoms with E-state index in [1.807, 2.05) is 38.1 Å². The van der Waals surface area contributed by atoms with Crippen molar-refractivity contribution in [1.82, 2.24) is 10.2 Å². The highest BCUT2D eigenvalue weighted by molar-refractivity contribution is 6.00. The highest BCUT2D eigenvalue weighted by Crippen LogP contribution is 2.28. The number of amidine groups is 1. The van der Waals surface area contributed by atoms with Crippen molar-refractivity contribution in [1.29, 1.82) is 0 Å². The number of aromatic nitrogens is 2. The summed E-state index contributed by atoms with van der Waals surface area (Å²) in [6, 6.07) is 7.66. The molecule has 1 heterocycles. The Morgan fingerprint density at radius 1 is 1.29 bits per heavy atom. The summed E-state index contributed by atoms with van der Waals surface area (Å²) in [7, 11) is 0. The fraction of sp³-hybridized carbons (Fsp3) is 0.267. The van der Waals surface area contributed by atoms with Crippen LogP contribution in [0.3, 0.4) is 0 Å². The van der Waals surface area contributed by atoms with Gasteiger partial charge in [0.1, 0.15) is 5.75 Å². The molecule has 6 heteroatoms. The van der Waals surface area contributed by atoms with E-state index in [4.69, 9.17) is 15.7 Å². The second-order valence-corrected chi connectivity index (χ2v) is 4.64. The Hall–Kier alpha value is -2.63. The van der Waals surface area contributed by atoms with Gasteiger partial charge < -0.3 is 15.7 Å². The first kappa shape index (κ1) is 14.8. The standard InChI is InChI=1S/C15H18N4O2/c1-4-11-7-5-6-8-12(11)21-15-13(14(16)19-20)9(2)10(3)17-18-15/h5-8,20H,4H2,1-3H3,(H2,16,19). The predicted octanol–water partition coefficient (Wildman–Crippen LogP) is 2.54. The second-order valence-electron chi connectivity index (χ2n) is 4.64. The molecule has 0 saturated heterocycles. The molecule has 0 amide bonds. The predicted molar refractivity (Wildman–Crippen MR) is 79.9 cm³/mol. The van der Waals surface area contributed by atoms with E-state index in [-0.39, 0.29) is 11.7 Å². The Labute approximate surface area is 123 Å². The van der Waals surface area contributed by atoms with Crippen LogP contribution in [0.2, 0.25) is 0 Å². The first-order chi connectivity index (χ1) is 10.1. The normalized spacial score (nSPS) is 11.5. The number of rotatable bonds is 4. The van der Waals surface area contributed by atoms with E-state index in [0.29, 0.717) is 17.0 Å². The number of ether oxygens (including phenoxy) is 1. The summed E-state index contributed by atoms with van der Waals surface area (Å²) in [6.45, 7) is 5.68. The van der Waals surface area contributed by atoms with Gasteiger partial charge in [-0.15, -0.1) is 5.10 Å². The number of nitrogens with zero attached hydrogens (tertiary/aromatic N) is 3. The summed E-state index contributed by atoms with van der Waals surface area (Å²) >= 11 is 0. The number of hydrogen-bond donors (Lipinski definition) is 2. The van der Waals surface area contributed by atoms with Crippen LogP contribution < -0.4 is 10.5 Å². The van der Waals surface area contributed by atoms with Crippen molar-refractivity contribution >= 4 is 5.84 Å². The van der Waals surface area contributed by atoms with E-state index in [2.05, 4.69) is 15.4 Å². The van der Waals surface area contributed by atoms with Gasteiger partial charge in [0.2, 0.25) is 5.88 Å². The molecule has 0 aliphatic rings. The molecule has 21 heavy (non-hydrogen) atoms. The Kier molecular flexibility index (Phi) is 4.37. The zero-order chi connectivity index (χ0) is 15.4. The molecule has 0 spiro atoms. The summed E-state index contributed by atoms with van der Waals surface area (Å²) in [5.74, 6) is 0.869. The molecule has 0 fully saturated rings. The molecule has 110 valence electrons. The third-order valence-corrected chi connectivity index (χ3v) is 3.35. The van der Waals surface area contributed by atoms with Crippen LogP contribution in [0.5, 0.6) is 11.6 Å². The van der Waals surface area contributed by atoms with Crippen LogP contribution in [-0.4, -0.2) is 21.2 Å². The van der Waals surface area contributed by atoms with Crippen LogP contribution in [0.1, 0.15) is 29.3 Å². The monoisotopic (exact) mass is 286 g/mol. The van der Waals surface area contributed by atoms with Crippen molar-refractivity contribution in [3.8, 4) is 11.6 Å². The lowest BCUT2D eigenvalue weighted by Gasteiger charge is -2.14. The molecular formula is C15H18N4O2. The van der Waals surface area contributed by atoms with Gasteiger partial charge in [-0.1, -0.05) is 30.3 Å². The topological polar surface area (TPSA) is 93.6 Å². The Bertz CT molecular complexity index is 683. The Balaban J connectivity index is 2.52. The van der Waals surface area contributed by atoms with E-state index in [0.717, 1.165) is 17.5 Å². The first-order valence-corrected chi connectivity index (χ1v) is 6.66. The second kappa shape index (κ2) is 6.21. The molecule has 6 nitrogen and oxygen atoms in total. The minimum Gasteiger partial charge on any atom is -0.437 e. The van der Waals surface area contributed by atoms with Crippen molar-refractivity contribution in [2.24, 2.45) is 10.9 Å². The molecule has 0 aliphatic heterocycles. The highest BCUT2D eigenvalue weighted by Gasteiger charge is 2.18. The number of nitrogens with two attached hydrogens (primary N) is 1. The van der Waals surface area contributed by atoms with E-state index in [9.17, 15) is 0 Å². The van der Waals surface area contributed by atoms with Gasteiger partial charge in [0.25, 0.3) is 0 Å². The van der Waals surface area contributed by atoms with Crippen molar-refractivity contribution < 1.29 is 9.94 Å². The lowest BCUT2D eigenvalue weighted by molar-refractivity contribution is 0.318. The number of para-hydroxylation sites is 1. The third kappa shape index (κ3) is 2.94. The highest BCUT2D eigenvalue weighted by atomic mass is 16.5. The number of oxime groups is 1. The fourth-order valence-corrected chi connectivity index (χ4v) is 2.01. The van der Waals surface area contributed by atoms with Crippen molar-refractivity contribution in [3.63, 3.8) is 0 Å². The minimum atomic E-state index is -0.0468. The Morgan fingerprint density at radius 2 is 2.00 bits per heavy atom. The van der Waals surface area contributed by atoms with Crippen LogP contribution in [-0.2, 0) is 6.42 Å². The zero-order valence-electron chi connectivity index (χ0n) is 12.3. The van der Waals surface area contributed by atoms with Gasteiger partial charge in [0.15, 0.2) is 5.84 Å². The summed E-state index contributed by atoms with van der Waals surface area (Å²) in [5, 5.41) is 20.1. The van der Waals surface area contributed by atoms with E-state index in [1.165, 1.54) is 0 Å². The molecule has 0 bridgehead atoms. The smallest absolute Gasteiger partial charge is 0.250 e. The SMILES string of the molecule is CCc1ccccc1Oc1nnc(C)c(C)c1/C(N)=N/O. The lowest BCUT2D eigenvalue weighted by atomic mass is 10.1. The van der Waals surface area contributed by atoms with E-state index >= 15 is 0 Å². The minimum absolute atomic E-state index is 0.0468. The van der Waals surface area contributed by atoms with E-state index < -0.39 is 0 Å². The summed E-state index contributed by atoms with van der Waals surface area (Å²) in [4.78, 5) is 0. The van der Waals surface area contributed by atoms with Crippen LogP contribution in [0, 0.1) is 13.8 Å². The molecule has 1 aromatic heterocycles. The van der Waals surface area contributed by atoms with Gasteiger partial charge in [-0.3, -0.25) is 0 Å². The van der Waals surface area contributed by atoms with Crippen LogP contribution >= 0.6 is 0 Å². The maximum atomic E-state index is 8.95. The van der Waals surface area contributed by atoms with E-state index in [1.54, 1.807) is 6.92 Å². The van der Waals surface area contributed by atoms with Gasteiger partial charge in [-0.05, 0) is 37.5 Å². The Morgan fingerprint density at radius 3 is 2.67 bits per heavy atom. The van der Waals surface area contributed by atoms with Gasteiger partial charge in [-0.2, -0.15) is 5.10 Å². The summed E-state index contributed by atoms with van der Waals surface area (Å²) < 4.78 is 5.84. The summed E-state index contributed by atoms with van der Waals surface area (Å²) in [5.41, 5.74) is 8.71. The molecule has 2 rings (SSSR count). The van der Waals surface area contributed by atoms with Crippen molar-refractivity contribution in [3.05, 3.63) is 46.6 Å². The van der Waals surface area contributed by atoms with Crippen molar-refractivity contribution in [2.75, 3.05) is 0 Å². The molecule has 1 aromatic carbocycles. The van der Waals surface area contributed by atoms with Gasteiger partial charge in [0.05, 0.1) is 11.3 Å². The molecule has 0 radical (unpaired) electrons. The van der Waals surface area contributed by atoms with Gasteiger partial charge >= 0.3 is 0 Å². The average molecular weight is 286 g/mol. The van der Waals surface area contributed by atoms with Crippen LogP contribution in [0.4, 0.5) is 0 Å².